The van der Waals surface area contributed by atoms with E-state index >= 15 is 0 Å². The number of carbonyl (C=O) groups excluding carboxylic acids is 1. The zero-order valence-electron chi connectivity index (χ0n) is 11.9. The second-order valence-corrected chi connectivity index (χ2v) is 6.68. The summed E-state index contributed by atoms with van der Waals surface area (Å²) >= 11 is 0. The molecule has 1 aliphatic heterocycles. The number of nitrogens with zero attached hydrogens (tertiary/aromatic N) is 2. The van der Waals surface area contributed by atoms with Crippen LogP contribution in [0.15, 0.2) is 0 Å². The number of nitrogens with two attached hydrogens (primary N) is 1. The van der Waals surface area contributed by atoms with E-state index in [1.165, 1.54) is 0 Å². The smallest absolute Gasteiger partial charge is 0.410 e. The van der Waals surface area contributed by atoms with Gasteiger partial charge in [-0.15, -0.1) is 0 Å². The van der Waals surface area contributed by atoms with Gasteiger partial charge in [-0.25, -0.2) is 4.79 Å². The van der Waals surface area contributed by atoms with E-state index in [4.69, 9.17) is 10.5 Å². The van der Waals surface area contributed by atoms with Crippen molar-refractivity contribution in [1.29, 1.82) is 0 Å². The lowest BCUT2D eigenvalue weighted by Gasteiger charge is -2.43. The number of carbonyl (C=O) groups is 1. The first-order valence-electron chi connectivity index (χ1n) is 6.68. The highest BCUT2D eigenvalue weighted by molar-refractivity contribution is 5.69. The normalized spacial score (nSPS) is 28.1. The number of likely N-dealkylation sites (N-methyl/N-ethyl adjacent to an activating group) is 1. The summed E-state index contributed by atoms with van der Waals surface area (Å²) in [4.78, 5) is 16.3. The molecular weight excluding hydrogens is 230 g/mol. The Hall–Kier alpha value is -0.810. The lowest BCUT2D eigenvalue weighted by atomic mass is 10.0. The third kappa shape index (κ3) is 2.95. The molecular formula is C13H25N3O2. The fraction of sp³-hybridized carbons (Fsp3) is 0.923. The molecule has 1 amide bonds. The molecule has 18 heavy (non-hydrogen) atoms. The van der Waals surface area contributed by atoms with Crippen LogP contribution in [0.4, 0.5) is 4.79 Å². The minimum Gasteiger partial charge on any atom is -0.444 e. The molecule has 0 aromatic rings. The molecule has 0 aromatic heterocycles. The van der Waals surface area contributed by atoms with Crippen molar-refractivity contribution < 1.29 is 9.53 Å². The van der Waals surface area contributed by atoms with E-state index in [1.807, 2.05) is 25.7 Å². The molecule has 2 fully saturated rings. The van der Waals surface area contributed by atoms with Crippen LogP contribution in [0.1, 0.15) is 33.6 Å². The molecule has 5 nitrogen and oxygen atoms in total. The first-order valence-corrected chi connectivity index (χ1v) is 6.68. The van der Waals surface area contributed by atoms with Crippen molar-refractivity contribution in [2.24, 2.45) is 5.73 Å². The summed E-state index contributed by atoms with van der Waals surface area (Å²) in [7, 11) is 2.07. The quantitative estimate of drug-likeness (QED) is 0.760. The minimum absolute atomic E-state index is 0.0890. The average molecular weight is 255 g/mol. The number of hydrogen-bond donors (Lipinski definition) is 1. The zero-order valence-corrected chi connectivity index (χ0v) is 11.9. The molecule has 2 rings (SSSR count). The van der Waals surface area contributed by atoms with Gasteiger partial charge in [0.15, 0.2) is 0 Å². The molecule has 2 N–H and O–H groups in total. The van der Waals surface area contributed by atoms with Gasteiger partial charge in [-0.05, 0) is 40.7 Å². The van der Waals surface area contributed by atoms with Gasteiger partial charge in [-0.1, -0.05) is 0 Å². The zero-order chi connectivity index (χ0) is 13.6. The molecule has 1 aliphatic carbocycles. The van der Waals surface area contributed by atoms with Gasteiger partial charge in [0.2, 0.25) is 0 Å². The highest BCUT2D eigenvalue weighted by atomic mass is 16.6. The van der Waals surface area contributed by atoms with Crippen molar-refractivity contribution in [2.45, 2.75) is 50.8 Å². The SMILES string of the molecule is CN1CCN(C(=O)OC(C)(C)C)C(C2(N)CC2)C1. The van der Waals surface area contributed by atoms with Crippen molar-refractivity contribution >= 4 is 6.09 Å². The Morgan fingerprint density at radius 3 is 2.44 bits per heavy atom. The van der Waals surface area contributed by atoms with E-state index in [-0.39, 0.29) is 17.7 Å². The lowest BCUT2D eigenvalue weighted by molar-refractivity contribution is -0.00438. The Labute approximate surface area is 109 Å². The number of amides is 1. The van der Waals surface area contributed by atoms with Crippen LogP contribution in [0.3, 0.4) is 0 Å². The molecule has 5 heteroatoms. The summed E-state index contributed by atoms with van der Waals surface area (Å²) in [5, 5.41) is 0. The average Bonchev–Trinajstić information content (AvgIpc) is 2.95. The molecule has 1 saturated carbocycles. The van der Waals surface area contributed by atoms with Crippen molar-refractivity contribution in [3.8, 4) is 0 Å². The standard InChI is InChI=1S/C13H25N3O2/c1-12(2,3)18-11(17)16-8-7-15(4)9-10(16)13(14)5-6-13/h10H,5-9,14H2,1-4H3. The number of hydrogen-bond acceptors (Lipinski definition) is 4. The fourth-order valence-electron chi connectivity index (χ4n) is 2.43. The lowest BCUT2D eigenvalue weighted by Crippen LogP contribution is -2.62. The van der Waals surface area contributed by atoms with Crippen molar-refractivity contribution in [3.05, 3.63) is 0 Å². The van der Waals surface area contributed by atoms with Gasteiger partial charge in [0.05, 0.1) is 6.04 Å². The summed E-state index contributed by atoms with van der Waals surface area (Å²) in [6.07, 6.45) is 1.78. The molecule has 0 bridgehead atoms. The second-order valence-electron chi connectivity index (χ2n) is 6.68. The largest absolute Gasteiger partial charge is 0.444 e. The topological polar surface area (TPSA) is 58.8 Å². The monoisotopic (exact) mass is 255 g/mol. The molecule has 104 valence electrons. The first kappa shape index (κ1) is 13.6. The Morgan fingerprint density at radius 1 is 1.33 bits per heavy atom. The van der Waals surface area contributed by atoms with Gasteiger partial charge >= 0.3 is 6.09 Å². The summed E-state index contributed by atoms with van der Waals surface area (Å²) in [5.41, 5.74) is 5.66. The number of ether oxygens (including phenoxy) is 1. The van der Waals surface area contributed by atoms with E-state index in [0.717, 1.165) is 25.9 Å². The maximum atomic E-state index is 12.2. The molecule has 2 aliphatic rings. The van der Waals surface area contributed by atoms with Crippen LogP contribution in [0.25, 0.3) is 0 Å². The molecule has 0 aromatic carbocycles. The van der Waals surface area contributed by atoms with Gasteiger partial charge in [0, 0.05) is 25.2 Å². The van der Waals surface area contributed by atoms with Crippen molar-refractivity contribution in [2.75, 3.05) is 26.7 Å². The maximum Gasteiger partial charge on any atom is 0.410 e. The Balaban J connectivity index is 2.07. The summed E-state index contributed by atoms with van der Waals surface area (Å²) < 4.78 is 5.48. The molecule has 1 atom stereocenters. The Bertz CT molecular complexity index is 334. The van der Waals surface area contributed by atoms with Crippen LogP contribution in [0.5, 0.6) is 0 Å². The van der Waals surface area contributed by atoms with Crippen LogP contribution in [-0.2, 0) is 4.74 Å². The van der Waals surface area contributed by atoms with Crippen LogP contribution in [0, 0.1) is 0 Å². The fourth-order valence-corrected chi connectivity index (χ4v) is 2.43. The molecule has 1 unspecified atom stereocenters. The molecule has 1 heterocycles. The Morgan fingerprint density at radius 2 is 1.94 bits per heavy atom. The van der Waals surface area contributed by atoms with E-state index in [2.05, 4.69) is 11.9 Å². The van der Waals surface area contributed by atoms with Gasteiger partial charge in [0.25, 0.3) is 0 Å². The van der Waals surface area contributed by atoms with Gasteiger partial charge in [0.1, 0.15) is 5.60 Å². The molecule has 0 spiro atoms. The van der Waals surface area contributed by atoms with Crippen LogP contribution < -0.4 is 5.73 Å². The first-order chi connectivity index (χ1) is 8.21. The molecule has 1 saturated heterocycles. The Kier molecular flexibility index (Phi) is 3.32. The predicted octanol–water partition coefficient (Wildman–Crippen LogP) is 1.03. The van der Waals surface area contributed by atoms with Crippen molar-refractivity contribution in [1.82, 2.24) is 9.80 Å². The van der Waals surface area contributed by atoms with Crippen molar-refractivity contribution in [3.63, 3.8) is 0 Å². The number of piperazine rings is 1. The van der Waals surface area contributed by atoms with E-state index in [1.54, 1.807) is 0 Å². The summed E-state index contributed by atoms with van der Waals surface area (Å²) in [6, 6.07) is 0.0890. The highest BCUT2D eigenvalue weighted by Gasteiger charge is 2.51. The van der Waals surface area contributed by atoms with E-state index in [0.29, 0.717) is 6.54 Å². The maximum absolute atomic E-state index is 12.2. The van der Waals surface area contributed by atoms with E-state index < -0.39 is 5.60 Å². The predicted molar refractivity (Wildman–Crippen MR) is 70.4 cm³/mol. The third-order valence-electron chi connectivity index (χ3n) is 3.70. The van der Waals surface area contributed by atoms with Crippen LogP contribution >= 0.6 is 0 Å². The third-order valence-corrected chi connectivity index (χ3v) is 3.70. The van der Waals surface area contributed by atoms with Gasteiger partial charge in [-0.3, -0.25) is 0 Å². The second kappa shape index (κ2) is 4.38. The molecule has 0 radical (unpaired) electrons. The summed E-state index contributed by atoms with van der Waals surface area (Å²) in [5.74, 6) is 0. The highest BCUT2D eigenvalue weighted by Crippen LogP contribution is 2.39. The summed E-state index contributed by atoms with van der Waals surface area (Å²) in [6.45, 7) is 8.11. The van der Waals surface area contributed by atoms with E-state index in [9.17, 15) is 4.79 Å². The van der Waals surface area contributed by atoms with Crippen LogP contribution in [-0.4, -0.2) is 59.8 Å². The van der Waals surface area contributed by atoms with Gasteiger partial charge in [-0.2, -0.15) is 0 Å². The van der Waals surface area contributed by atoms with Crippen LogP contribution in [0.2, 0.25) is 0 Å². The minimum atomic E-state index is -0.448. The number of rotatable bonds is 1. The van der Waals surface area contributed by atoms with Gasteiger partial charge < -0.3 is 20.3 Å².